The van der Waals surface area contributed by atoms with Crippen molar-refractivity contribution in [2.75, 3.05) is 0 Å². The first-order valence-corrected chi connectivity index (χ1v) is 10.4. The van der Waals surface area contributed by atoms with Crippen molar-refractivity contribution in [3.63, 3.8) is 0 Å². The standard InChI is InChI=1S/C23H38O2/c1-5-7-8-9-14-23(3,4)18-11-13-20(22(25)15-18)21-16-19(24)12-10-17(21)6-2/h11,13,15,17,19,21,24-25H,5-10,12,14,16H2,1-4H3/t17-,19-,21-/m0/s1. The molecule has 2 nitrogen and oxygen atoms in total. The number of unbranched alkanes of at least 4 members (excludes halogenated alkanes) is 3. The quantitative estimate of drug-likeness (QED) is 0.543. The molecule has 0 aromatic heterocycles. The fourth-order valence-electron chi connectivity index (χ4n) is 4.50. The molecule has 1 fully saturated rings. The van der Waals surface area contributed by atoms with Gasteiger partial charge in [0.1, 0.15) is 5.75 Å². The number of aliphatic hydroxyl groups is 1. The van der Waals surface area contributed by atoms with Crippen LogP contribution < -0.4 is 0 Å². The Morgan fingerprint density at radius 2 is 1.84 bits per heavy atom. The van der Waals surface area contributed by atoms with E-state index >= 15 is 0 Å². The van der Waals surface area contributed by atoms with Gasteiger partial charge in [-0.15, -0.1) is 0 Å². The van der Waals surface area contributed by atoms with E-state index in [1.807, 2.05) is 6.07 Å². The SMILES string of the molecule is CCCCCCC(C)(C)c1ccc([C@H]2C[C@@H](O)CC[C@@H]2CC)c(O)c1. The molecule has 2 heteroatoms. The summed E-state index contributed by atoms with van der Waals surface area (Å²) in [7, 11) is 0. The monoisotopic (exact) mass is 346 g/mol. The van der Waals surface area contributed by atoms with E-state index in [0.717, 1.165) is 37.7 Å². The molecule has 25 heavy (non-hydrogen) atoms. The van der Waals surface area contributed by atoms with Gasteiger partial charge < -0.3 is 10.2 Å². The van der Waals surface area contributed by atoms with Crippen molar-refractivity contribution in [2.24, 2.45) is 5.92 Å². The van der Waals surface area contributed by atoms with Crippen LogP contribution in [0.5, 0.6) is 5.75 Å². The van der Waals surface area contributed by atoms with E-state index in [1.54, 1.807) is 0 Å². The van der Waals surface area contributed by atoms with Gasteiger partial charge in [-0.3, -0.25) is 0 Å². The lowest BCUT2D eigenvalue weighted by Crippen LogP contribution is -2.26. The summed E-state index contributed by atoms with van der Waals surface area (Å²) in [6.07, 6.45) is 9.91. The second kappa shape index (κ2) is 9.07. The first-order valence-electron chi connectivity index (χ1n) is 10.4. The number of hydrogen-bond donors (Lipinski definition) is 2. The highest BCUT2D eigenvalue weighted by Gasteiger charge is 2.32. The summed E-state index contributed by atoms with van der Waals surface area (Å²) in [6.45, 7) is 9.03. The molecule has 2 rings (SSSR count). The summed E-state index contributed by atoms with van der Waals surface area (Å²) in [5.41, 5.74) is 2.37. The van der Waals surface area contributed by atoms with Gasteiger partial charge >= 0.3 is 0 Å². The van der Waals surface area contributed by atoms with E-state index in [0.29, 0.717) is 11.7 Å². The first-order chi connectivity index (χ1) is 11.9. The van der Waals surface area contributed by atoms with Crippen LogP contribution in [0.25, 0.3) is 0 Å². The number of aromatic hydroxyl groups is 1. The third-order valence-electron chi connectivity index (χ3n) is 6.36. The van der Waals surface area contributed by atoms with Crippen LogP contribution in [0, 0.1) is 5.92 Å². The lowest BCUT2D eigenvalue weighted by Gasteiger charge is -2.35. The van der Waals surface area contributed by atoms with E-state index in [-0.39, 0.29) is 17.4 Å². The maximum absolute atomic E-state index is 10.7. The van der Waals surface area contributed by atoms with E-state index < -0.39 is 0 Å². The Hall–Kier alpha value is -1.02. The number of hydrogen-bond acceptors (Lipinski definition) is 2. The average molecular weight is 347 g/mol. The van der Waals surface area contributed by atoms with Crippen molar-refractivity contribution >= 4 is 0 Å². The molecule has 0 spiro atoms. The van der Waals surface area contributed by atoms with Crippen LogP contribution >= 0.6 is 0 Å². The minimum absolute atomic E-state index is 0.0972. The van der Waals surface area contributed by atoms with Crippen molar-refractivity contribution in [2.45, 2.75) is 103 Å². The Morgan fingerprint density at radius 3 is 2.48 bits per heavy atom. The molecule has 0 radical (unpaired) electrons. The van der Waals surface area contributed by atoms with Gasteiger partial charge in [0.25, 0.3) is 0 Å². The number of rotatable bonds is 8. The molecule has 1 aromatic carbocycles. The van der Waals surface area contributed by atoms with Gasteiger partial charge in [0, 0.05) is 0 Å². The van der Waals surface area contributed by atoms with Crippen LogP contribution in [0.15, 0.2) is 18.2 Å². The number of phenols is 1. The summed E-state index contributed by atoms with van der Waals surface area (Å²) in [5.74, 6) is 1.29. The van der Waals surface area contributed by atoms with Gasteiger partial charge in [0.05, 0.1) is 6.10 Å². The van der Waals surface area contributed by atoms with E-state index in [9.17, 15) is 10.2 Å². The molecule has 1 aliphatic rings. The van der Waals surface area contributed by atoms with Gasteiger partial charge in [-0.1, -0.05) is 71.9 Å². The molecule has 142 valence electrons. The van der Waals surface area contributed by atoms with Crippen molar-refractivity contribution < 1.29 is 10.2 Å². The smallest absolute Gasteiger partial charge is 0.119 e. The van der Waals surface area contributed by atoms with Crippen molar-refractivity contribution in [1.82, 2.24) is 0 Å². The normalized spacial score (nSPS) is 24.4. The third kappa shape index (κ3) is 5.23. The molecule has 0 saturated heterocycles. The number of phenolic OH excluding ortho intramolecular Hbond substituents is 1. The predicted octanol–water partition coefficient (Wildman–Crippen LogP) is 6.29. The highest BCUT2D eigenvalue weighted by atomic mass is 16.3. The zero-order chi connectivity index (χ0) is 18.4. The maximum atomic E-state index is 10.7. The summed E-state index contributed by atoms with van der Waals surface area (Å²) in [5, 5.41) is 20.8. The van der Waals surface area contributed by atoms with Gasteiger partial charge in [-0.2, -0.15) is 0 Å². The van der Waals surface area contributed by atoms with Crippen molar-refractivity contribution in [1.29, 1.82) is 0 Å². The molecule has 0 unspecified atom stereocenters. The Morgan fingerprint density at radius 1 is 1.08 bits per heavy atom. The van der Waals surface area contributed by atoms with Crippen LogP contribution in [0.3, 0.4) is 0 Å². The molecule has 0 bridgehead atoms. The van der Waals surface area contributed by atoms with Crippen LogP contribution in [-0.4, -0.2) is 16.3 Å². The zero-order valence-electron chi connectivity index (χ0n) is 16.7. The topological polar surface area (TPSA) is 40.5 Å². The highest BCUT2D eigenvalue weighted by Crippen LogP contribution is 2.44. The van der Waals surface area contributed by atoms with E-state index in [2.05, 4.69) is 39.8 Å². The Bertz CT molecular complexity index is 535. The van der Waals surface area contributed by atoms with Crippen molar-refractivity contribution in [3.8, 4) is 5.75 Å². The summed E-state index contributed by atoms with van der Waals surface area (Å²) >= 11 is 0. The van der Waals surface area contributed by atoms with Gasteiger partial charge in [0.15, 0.2) is 0 Å². The summed E-state index contributed by atoms with van der Waals surface area (Å²) in [6, 6.07) is 6.33. The minimum atomic E-state index is -0.220. The Balaban J connectivity index is 2.13. The zero-order valence-corrected chi connectivity index (χ0v) is 16.7. The fourth-order valence-corrected chi connectivity index (χ4v) is 4.50. The van der Waals surface area contributed by atoms with E-state index in [4.69, 9.17) is 0 Å². The van der Waals surface area contributed by atoms with E-state index in [1.165, 1.54) is 31.2 Å². The summed E-state index contributed by atoms with van der Waals surface area (Å²) < 4.78 is 0. The number of benzene rings is 1. The lowest BCUT2D eigenvalue weighted by molar-refractivity contribution is 0.0918. The molecule has 2 N–H and O–H groups in total. The minimum Gasteiger partial charge on any atom is -0.508 e. The molecule has 1 aliphatic carbocycles. The van der Waals surface area contributed by atoms with Crippen LogP contribution in [0.1, 0.15) is 103 Å². The van der Waals surface area contributed by atoms with Crippen LogP contribution in [0.2, 0.25) is 0 Å². The highest BCUT2D eigenvalue weighted by molar-refractivity contribution is 5.42. The fraction of sp³-hybridized carbons (Fsp3) is 0.739. The predicted molar refractivity (Wildman–Crippen MR) is 106 cm³/mol. The largest absolute Gasteiger partial charge is 0.508 e. The molecule has 3 atom stereocenters. The Labute approximate surface area is 154 Å². The molecule has 1 aromatic rings. The maximum Gasteiger partial charge on any atom is 0.119 e. The third-order valence-corrected chi connectivity index (χ3v) is 6.36. The average Bonchev–Trinajstić information content (AvgIpc) is 2.58. The molecule has 0 amide bonds. The molecular weight excluding hydrogens is 308 g/mol. The molecule has 1 saturated carbocycles. The van der Waals surface area contributed by atoms with Gasteiger partial charge in [-0.05, 0) is 60.1 Å². The summed E-state index contributed by atoms with van der Waals surface area (Å²) in [4.78, 5) is 0. The number of aliphatic hydroxyl groups excluding tert-OH is 1. The molecule has 0 heterocycles. The van der Waals surface area contributed by atoms with Gasteiger partial charge in [0.2, 0.25) is 0 Å². The molecule has 0 aliphatic heterocycles. The van der Waals surface area contributed by atoms with Crippen LogP contribution in [0.4, 0.5) is 0 Å². The van der Waals surface area contributed by atoms with Gasteiger partial charge in [-0.25, -0.2) is 0 Å². The van der Waals surface area contributed by atoms with Crippen LogP contribution in [-0.2, 0) is 5.41 Å². The lowest BCUT2D eigenvalue weighted by atomic mass is 9.72. The van der Waals surface area contributed by atoms with Crippen molar-refractivity contribution in [3.05, 3.63) is 29.3 Å². The molecular formula is C23H38O2. The second-order valence-corrected chi connectivity index (χ2v) is 8.71. The second-order valence-electron chi connectivity index (χ2n) is 8.71. The Kier molecular flexibility index (Phi) is 7.37. The first kappa shape index (κ1) is 20.3.